The van der Waals surface area contributed by atoms with Crippen molar-refractivity contribution in [2.75, 3.05) is 0 Å². The van der Waals surface area contributed by atoms with Gasteiger partial charge in [0.15, 0.2) is 0 Å². The summed E-state index contributed by atoms with van der Waals surface area (Å²) in [5, 5.41) is 0.787. The minimum absolute atomic E-state index is 0.569. The number of thioether (sulfide) groups is 1. The summed E-state index contributed by atoms with van der Waals surface area (Å²) in [5.74, 6) is 0. The van der Waals surface area contributed by atoms with Crippen LogP contribution >= 0.6 is 11.8 Å². The van der Waals surface area contributed by atoms with Gasteiger partial charge in [-0.1, -0.05) is 48.2 Å². The second kappa shape index (κ2) is 5.47. The van der Waals surface area contributed by atoms with Crippen molar-refractivity contribution in [2.45, 2.75) is 5.03 Å². The van der Waals surface area contributed by atoms with Gasteiger partial charge in [0.2, 0.25) is 0 Å². The lowest BCUT2D eigenvalue weighted by atomic mass is 10.2. The Balaban J connectivity index is 2.20. The van der Waals surface area contributed by atoms with E-state index in [1.165, 1.54) is 11.8 Å². The van der Waals surface area contributed by atoms with Crippen molar-refractivity contribution in [3.8, 4) is 0 Å². The van der Waals surface area contributed by atoms with E-state index in [-0.39, 0.29) is 0 Å². The average Bonchev–Trinajstić information content (AvgIpc) is 2.38. The summed E-state index contributed by atoms with van der Waals surface area (Å²) in [6, 6.07) is 15.0. The molecule has 1 nitrogen and oxygen atoms in total. The molecule has 0 aliphatic heterocycles. The van der Waals surface area contributed by atoms with Crippen molar-refractivity contribution < 1.29 is 4.39 Å². The van der Waals surface area contributed by atoms with E-state index in [4.69, 9.17) is 0 Å². The SMILES string of the molecule is F/C=C(/Sc1ccccn1)c1ccccc1. The molecule has 0 N–H and O–H groups in total. The maximum atomic E-state index is 12.8. The third-order valence-corrected chi connectivity index (χ3v) is 3.01. The molecule has 1 heterocycles. The Kier molecular flexibility index (Phi) is 3.72. The highest BCUT2D eigenvalue weighted by molar-refractivity contribution is 8.08. The normalized spacial score (nSPS) is 11.4. The molecule has 0 atom stereocenters. The average molecular weight is 231 g/mol. The number of pyridine rings is 1. The maximum absolute atomic E-state index is 12.8. The van der Waals surface area contributed by atoms with Gasteiger partial charge in [-0.25, -0.2) is 9.37 Å². The maximum Gasteiger partial charge on any atom is 0.101 e. The molecule has 0 aliphatic rings. The molecule has 1 aromatic heterocycles. The molecule has 3 heteroatoms. The number of hydrogen-bond donors (Lipinski definition) is 0. The number of aromatic nitrogens is 1. The van der Waals surface area contributed by atoms with E-state index in [9.17, 15) is 4.39 Å². The number of hydrogen-bond acceptors (Lipinski definition) is 2. The molecule has 1 aromatic carbocycles. The first kappa shape index (κ1) is 10.9. The van der Waals surface area contributed by atoms with E-state index in [0.29, 0.717) is 11.2 Å². The molecule has 0 bridgehead atoms. The summed E-state index contributed by atoms with van der Waals surface area (Å²) < 4.78 is 12.8. The fraction of sp³-hybridized carbons (Fsp3) is 0. The molecule has 0 unspecified atom stereocenters. The van der Waals surface area contributed by atoms with Crippen molar-refractivity contribution in [1.82, 2.24) is 4.98 Å². The van der Waals surface area contributed by atoms with Crippen molar-refractivity contribution in [2.24, 2.45) is 0 Å². The van der Waals surface area contributed by atoms with Gasteiger partial charge in [0.25, 0.3) is 0 Å². The molecule has 0 aliphatic carbocycles. The summed E-state index contributed by atoms with van der Waals surface area (Å²) in [6.07, 6.45) is 2.32. The zero-order valence-corrected chi connectivity index (χ0v) is 9.32. The molecule has 16 heavy (non-hydrogen) atoms. The minimum Gasteiger partial charge on any atom is -0.250 e. The zero-order chi connectivity index (χ0) is 11.2. The lowest BCUT2D eigenvalue weighted by Gasteiger charge is -2.04. The predicted molar refractivity (Wildman–Crippen MR) is 65.6 cm³/mol. The zero-order valence-electron chi connectivity index (χ0n) is 8.51. The van der Waals surface area contributed by atoms with Crippen molar-refractivity contribution in [1.29, 1.82) is 0 Å². The summed E-state index contributed by atoms with van der Waals surface area (Å²) in [5.41, 5.74) is 0.862. The van der Waals surface area contributed by atoms with Gasteiger partial charge in [0.05, 0.1) is 0 Å². The van der Waals surface area contributed by atoms with Crippen LogP contribution in [-0.2, 0) is 0 Å². The van der Waals surface area contributed by atoms with Crippen LogP contribution in [0.2, 0.25) is 0 Å². The Bertz CT molecular complexity index is 468. The van der Waals surface area contributed by atoms with E-state index < -0.39 is 0 Å². The van der Waals surface area contributed by atoms with Gasteiger partial charge >= 0.3 is 0 Å². The first-order valence-corrected chi connectivity index (χ1v) is 5.66. The van der Waals surface area contributed by atoms with Crippen LogP contribution in [0.4, 0.5) is 4.39 Å². The molecular formula is C13H10FNS. The molecule has 2 aromatic rings. The molecule has 0 radical (unpaired) electrons. The Labute approximate surface area is 98.0 Å². The molecular weight excluding hydrogens is 221 g/mol. The fourth-order valence-corrected chi connectivity index (χ4v) is 2.05. The topological polar surface area (TPSA) is 12.9 Å². The number of rotatable bonds is 3. The molecule has 80 valence electrons. The Morgan fingerprint density at radius 3 is 2.44 bits per heavy atom. The lowest BCUT2D eigenvalue weighted by molar-refractivity contribution is 0.726. The van der Waals surface area contributed by atoms with Gasteiger partial charge < -0.3 is 0 Å². The van der Waals surface area contributed by atoms with E-state index in [1.54, 1.807) is 6.20 Å². The third kappa shape index (κ3) is 2.70. The summed E-state index contributed by atoms with van der Waals surface area (Å²) in [7, 11) is 0. The van der Waals surface area contributed by atoms with Crippen LogP contribution in [0.3, 0.4) is 0 Å². The van der Waals surface area contributed by atoms with Gasteiger partial charge in [0.1, 0.15) is 11.4 Å². The largest absolute Gasteiger partial charge is 0.250 e. The van der Waals surface area contributed by atoms with E-state index in [2.05, 4.69) is 4.98 Å². The van der Waals surface area contributed by atoms with Gasteiger partial charge in [-0.15, -0.1) is 0 Å². The predicted octanol–water partition coefficient (Wildman–Crippen LogP) is 4.14. The molecule has 0 spiro atoms. The van der Waals surface area contributed by atoms with Crippen molar-refractivity contribution in [3.05, 3.63) is 66.6 Å². The van der Waals surface area contributed by atoms with Crippen LogP contribution in [0.5, 0.6) is 0 Å². The monoisotopic (exact) mass is 231 g/mol. The van der Waals surface area contributed by atoms with E-state index >= 15 is 0 Å². The van der Waals surface area contributed by atoms with Crippen LogP contribution in [0, 0.1) is 0 Å². The lowest BCUT2D eigenvalue weighted by Crippen LogP contribution is -1.81. The Hall–Kier alpha value is -1.61. The highest BCUT2D eigenvalue weighted by atomic mass is 32.2. The van der Waals surface area contributed by atoms with Crippen molar-refractivity contribution >= 4 is 16.7 Å². The van der Waals surface area contributed by atoms with Gasteiger partial charge in [-0.3, -0.25) is 0 Å². The smallest absolute Gasteiger partial charge is 0.101 e. The van der Waals surface area contributed by atoms with Gasteiger partial charge in [0, 0.05) is 11.1 Å². The van der Waals surface area contributed by atoms with Crippen LogP contribution in [0.15, 0.2) is 66.1 Å². The number of nitrogens with zero attached hydrogens (tertiary/aromatic N) is 1. The highest BCUT2D eigenvalue weighted by Crippen LogP contribution is 2.32. The van der Waals surface area contributed by atoms with E-state index in [0.717, 1.165) is 10.6 Å². The Morgan fingerprint density at radius 1 is 1.06 bits per heavy atom. The number of benzene rings is 1. The molecule has 0 fully saturated rings. The second-order valence-corrected chi connectivity index (χ2v) is 4.17. The van der Waals surface area contributed by atoms with Gasteiger partial charge in [-0.2, -0.15) is 0 Å². The second-order valence-electron chi connectivity index (χ2n) is 3.11. The van der Waals surface area contributed by atoms with Crippen LogP contribution in [-0.4, -0.2) is 4.98 Å². The number of halogens is 1. The first-order valence-electron chi connectivity index (χ1n) is 4.85. The minimum atomic E-state index is 0.569. The Morgan fingerprint density at radius 2 is 1.81 bits per heavy atom. The quantitative estimate of drug-likeness (QED) is 0.736. The third-order valence-electron chi connectivity index (χ3n) is 2.01. The van der Waals surface area contributed by atoms with E-state index in [1.807, 2.05) is 48.5 Å². The fourth-order valence-electron chi connectivity index (χ4n) is 1.27. The van der Waals surface area contributed by atoms with Crippen molar-refractivity contribution in [3.63, 3.8) is 0 Å². The van der Waals surface area contributed by atoms with Crippen LogP contribution in [0.25, 0.3) is 4.91 Å². The summed E-state index contributed by atoms with van der Waals surface area (Å²) in [4.78, 5) is 4.72. The summed E-state index contributed by atoms with van der Waals surface area (Å²) >= 11 is 1.32. The van der Waals surface area contributed by atoms with Gasteiger partial charge in [-0.05, 0) is 17.7 Å². The summed E-state index contributed by atoms with van der Waals surface area (Å²) in [6.45, 7) is 0. The molecule has 0 amide bonds. The van der Waals surface area contributed by atoms with Crippen LogP contribution in [0.1, 0.15) is 5.56 Å². The van der Waals surface area contributed by atoms with Crippen LogP contribution < -0.4 is 0 Å². The molecule has 2 rings (SSSR count). The first-order chi connectivity index (χ1) is 7.90. The molecule has 0 saturated carbocycles. The highest BCUT2D eigenvalue weighted by Gasteiger charge is 2.04. The molecule has 0 saturated heterocycles. The standard InChI is InChI=1S/C13H10FNS/c14-10-12(11-6-2-1-3-7-11)16-13-8-4-5-9-15-13/h1-10H/b12-10+.